The van der Waals surface area contributed by atoms with Crippen LogP contribution < -0.4 is 10.6 Å². The number of benzene rings is 2. The zero-order chi connectivity index (χ0) is 18.7. The molecule has 0 bridgehead atoms. The molecule has 0 spiro atoms. The molecule has 0 aliphatic carbocycles. The number of nitrogens with zero attached hydrogens (tertiary/aromatic N) is 1. The van der Waals surface area contributed by atoms with Gasteiger partial charge in [-0.2, -0.15) is 0 Å². The highest BCUT2D eigenvalue weighted by Gasteiger charge is 2.17. The van der Waals surface area contributed by atoms with E-state index in [1.165, 1.54) is 0 Å². The third-order valence-corrected chi connectivity index (χ3v) is 4.79. The van der Waals surface area contributed by atoms with Gasteiger partial charge in [0.15, 0.2) is 0 Å². The smallest absolute Gasteiger partial charge is 0.0737 e. The molecule has 0 saturated heterocycles. The molecular formula is C20H20Cl3N3. The highest BCUT2D eigenvalue weighted by atomic mass is 35.5. The standard InChI is InChI=1S/C20H20Cl3N3/c1-20(2,26-11-13-7-15(22)9-16(23)8-13)12-25-18-5-6-24-19-10-14(21)3-4-17(18)19/h3-10,26H,11-12H2,1-2H3,(H,24,25). The van der Waals surface area contributed by atoms with E-state index in [1.54, 1.807) is 12.3 Å². The van der Waals surface area contributed by atoms with Gasteiger partial charge in [0.25, 0.3) is 0 Å². The van der Waals surface area contributed by atoms with Gasteiger partial charge in [-0.05, 0) is 61.9 Å². The first kappa shape index (κ1) is 19.2. The lowest BCUT2D eigenvalue weighted by atomic mass is 10.0. The summed E-state index contributed by atoms with van der Waals surface area (Å²) < 4.78 is 0. The van der Waals surface area contributed by atoms with Crippen LogP contribution in [-0.2, 0) is 6.54 Å². The summed E-state index contributed by atoms with van der Waals surface area (Å²) in [6, 6.07) is 13.3. The fourth-order valence-electron chi connectivity index (χ4n) is 2.71. The van der Waals surface area contributed by atoms with E-state index in [4.69, 9.17) is 34.8 Å². The normalized spacial score (nSPS) is 11.7. The first-order chi connectivity index (χ1) is 12.3. The van der Waals surface area contributed by atoms with Crippen molar-refractivity contribution >= 4 is 51.4 Å². The second kappa shape index (κ2) is 8.01. The lowest BCUT2D eigenvalue weighted by molar-refractivity contribution is 0.407. The summed E-state index contributed by atoms with van der Waals surface area (Å²) in [6.07, 6.45) is 1.79. The van der Waals surface area contributed by atoms with Gasteiger partial charge in [0.1, 0.15) is 0 Å². The van der Waals surface area contributed by atoms with Crippen molar-refractivity contribution < 1.29 is 0 Å². The Hall–Kier alpha value is -1.52. The Morgan fingerprint density at radius 1 is 0.923 bits per heavy atom. The first-order valence-corrected chi connectivity index (χ1v) is 9.44. The first-order valence-electron chi connectivity index (χ1n) is 8.31. The number of hydrogen-bond donors (Lipinski definition) is 2. The minimum absolute atomic E-state index is 0.142. The molecule has 0 atom stereocenters. The van der Waals surface area contributed by atoms with E-state index in [0.717, 1.165) is 28.7 Å². The molecule has 3 aromatic rings. The van der Waals surface area contributed by atoms with E-state index in [9.17, 15) is 0 Å². The van der Waals surface area contributed by atoms with Crippen molar-refractivity contribution in [2.75, 3.05) is 11.9 Å². The van der Waals surface area contributed by atoms with Crippen LogP contribution in [0.2, 0.25) is 15.1 Å². The molecule has 0 radical (unpaired) electrons. The summed E-state index contributed by atoms with van der Waals surface area (Å²) in [5, 5.41) is 10.1. The molecule has 1 heterocycles. The monoisotopic (exact) mass is 407 g/mol. The minimum atomic E-state index is -0.142. The Morgan fingerprint density at radius 3 is 2.38 bits per heavy atom. The van der Waals surface area contributed by atoms with Crippen molar-refractivity contribution in [1.82, 2.24) is 10.3 Å². The largest absolute Gasteiger partial charge is 0.383 e. The molecule has 3 rings (SSSR count). The fourth-order valence-corrected chi connectivity index (χ4v) is 3.45. The van der Waals surface area contributed by atoms with Gasteiger partial charge in [0.2, 0.25) is 0 Å². The topological polar surface area (TPSA) is 37.0 Å². The summed E-state index contributed by atoms with van der Waals surface area (Å²) in [5.41, 5.74) is 2.82. The summed E-state index contributed by atoms with van der Waals surface area (Å²) in [4.78, 5) is 4.37. The van der Waals surface area contributed by atoms with E-state index in [-0.39, 0.29) is 5.54 Å². The van der Waals surface area contributed by atoms with Gasteiger partial charge in [0.05, 0.1) is 5.52 Å². The molecule has 3 nitrogen and oxygen atoms in total. The maximum absolute atomic E-state index is 6.07. The van der Waals surface area contributed by atoms with Gasteiger partial charge in [-0.15, -0.1) is 0 Å². The summed E-state index contributed by atoms with van der Waals surface area (Å²) in [5.74, 6) is 0. The number of halogens is 3. The van der Waals surface area contributed by atoms with Crippen molar-refractivity contribution in [3.8, 4) is 0 Å². The molecule has 0 amide bonds. The molecule has 0 saturated carbocycles. The van der Waals surface area contributed by atoms with Crippen LogP contribution in [0.4, 0.5) is 5.69 Å². The third kappa shape index (κ3) is 5.01. The molecule has 2 aromatic carbocycles. The van der Waals surface area contributed by atoms with Crippen LogP contribution in [-0.4, -0.2) is 17.1 Å². The average Bonchev–Trinajstić information content (AvgIpc) is 2.57. The van der Waals surface area contributed by atoms with Gasteiger partial charge in [-0.1, -0.05) is 34.8 Å². The second-order valence-electron chi connectivity index (χ2n) is 6.89. The quantitative estimate of drug-likeness (QED) is 0.511. The summed E-state index contributed by atoms with van der Waals surface area (Å²) in [7, 11) is 0. The molecule has 0 aliphatic rings. The molecular weight excluding hydrogens is 389 g/mol. The molecule has 0 unspecified atom stereocenters. The lowest BCUT2D eigenvalue weighted by Crippen LogP contribution is -2.44. The van der Waals surface area contributed by atoms with E-state index in [2.05, 4.69) is 29.5 Å². The summed E-state index contributed by atoms with van der Waals surface area (Å²) in [6.45, 7) is 5.71. The third-order valence-electron chi connectivity index (χ3n) is 4.12. The van der Waals surface area contributed by atoms with Crippen LogP contribution in [0.25, 0.3) is 10.9 Å². The van der Waals surface area contributed by atoms with Gasteiger partial charge in [-0.25, -0.2) is 0 Å². The van der Waals surface area contributed by atoms with E-state index >= 15 is 0 Å². The van der Waals surface area contributed by atoms with E-state index in [0.29, 0.717) is 21.6 Å². The van der Waals surface area contributed by atoms with Gasteiger partial charge < -0.3 is 10.6 Å². The van der Waals surface area contributed by atoms with Crippen LogP contribution in [0.5, 0.6) is 0 Å². The van der Waals surface area contributed by atoms with Gasteiger partial charge >= 0.3 is 0 Å². The zero-order valence-electron chi connectivity index (χ0n) is 14.6. The average molecular weight is 409 g/mol. The zero-order valence-corrected chi connectivity index (χ0v) is 16.9. The van der Waals surface area contributed by atoms with Crippen LogP contribution in [0.3, 0.4) is 0 Å². The SMILES string of the molecule is CC(C)(CNc1ccnc2cc(Cl)ccc12)NCc1cc(Cl)cc(Cl)c1. The number of pyridine rings is 1. The molecule has 26 heavy (non-hydrogen) atoms. The van der Waals surface area contributed by atoms with Gasteiger partial charge in [-0.3, -0.25) is 4.98 Å². The van der Waals surface area contributed by atoms with E-state index < -0.39 is 0 Å². The highest BCUT2D eigenvalue weighted by molar-refractivity contribution is 6.34. The van der Waals surface area contributed by atoms with Crippen LogP contribution in [0, 0.1) is 0 Å². The number of aromatic nitrogens is 1. The van der Waals surface area contributed by atoms with Crippen LogP contribution in [0.15, 0.2) is 48.7 Å². The lowest BCUT2D eigenvalue weighted by Gasteiger charge is -2.28. The van der Waals surface area contributed by atoms with Gasteiger partial charge in [0, 0.05) is 51.0 Å². The number of anilines is 1. The predicted molar refractivity (Wildman–Crippen MR) is 113 cm³/mol. The molecule has 1 aromatic heterocycles. The number of hydrogen-bond acceptors (Lipinski definition) is 3. The highest BCUT2D eigenvalue weighted by Crippen LogP contribution is 2.25. The molecule has 136 valence electrons. The molecule has 2 N–H and O–H groups in total. The Kier molecular flexibility index (Phi) is 5.93. The Balaban J connectivity index is 1.66. The molecule has 0 aliphatic heterocycles. The van der Waals surface area contributed by atoms with Crippen LogP contribution in [0.1, 0.15) is 19.4 Å². The molecule has 6 heteroatoms. The maximum Gasteiger partial charge on any atom is 0.0737 e. The Morgan fingerprint density at radius 2 is 1.65 bits per heavy atom. The number of fused-ring (bicyclic) bond motifs is 1. The Labute approximate surface area is 168 Å². The van der Waals surface area contributed by atoms with Crippen molar-refractivity contribution in [2.24, 2.45) is 0 Å². The van der Waals surface area contributed by atoms with Crippen molar-refractivity contribution in [1.29, 1.82) is 0 Å². The minimum Gasteiger partial charge on any atom is -0.383 e. The van der Waals surface area contributed by atoms with Crippen LogP contribution >= 0.6 is 34.8 Å². The summed E-state index contributed by atoms with van der Waals surface area (Å²) >= 11 is 18.2. The number of rotatable bonds is 6. The second-order valence-corrected chi connectivity index (χ2v) is 8.20. The van der Waals surface area contributed by atoms with Crippen molar-refractivity contribution in [3.05, 3.63) is 69.3 Å². The molecule has 0 fully saturated rings. The fraction of sp³-hybridized carbons (Fsp3) is 0.250. The predicted octanol–water partition coefficient (Wildman–Crippen LogP) is 6.18. The van der Waals surface area contributed by atoms with Crippen molar-refractivity contribution in [2.45, 2.75) is 25.9 Å². The Bertz CT molecular complexity index is 905. The number of nitrogens with one attached hydrogen (secondary N) is 2. The van der Waals surface area contributed by atoms with Crippen molar-refractivity contribution in [3.63, 3.8) is 0 Å². The van der Waals surface area contributed by atoms with E-state index in [1.807, 2.05) is 36.4 Å². The maximum atomic E-state index is 6.07.